The molecule has 1 fully saturated rings. The van der Waals surface area contributed by atoms with Gasteiger partial charge in [-0.15, -0.1) is 0 Å². The predicted molar refractivity (Wildman–Crippen MR) is 111 cm³/mol. The van der Waals surface area contributed by atoms with E-state index >= 15 is 0 Å². The van der Waals surface area contributed by atoms with Gasteiger partial charge in [-0.05, 0) is 50.3 Å². The second kappa shape index (κ2) is 7.72. The highest BCUT2D eigenvalue weighted by Gasteiger charge is 2.54. The summed E-state index contributed by atoms with van der Waals surface area (Å²) < 4.78 is 7.16. The molecular weight excluding hydrogens is 382 g/mol. The van der Waals surface area contributed by atoms with E-state index in [1.54, 1.807) is 7.11 Å². The Kier molecular flexibility index (Phi) is 5.24. The first kappa shape index (κ1) is 20.3. The van der Waals surface area contributed by atoms with Crippen molar-refractivity contribution < 1.29 is 19.1 Å². The molecule has 1 spiro atoms. The summed E-state index contributed by atoms with van der Waals surface area (Å²) in [7, 11) is 1.64. The molecule has 3 amide bonds. The fourth-order valence-corrected chi connectivity index (χ4v) is 4.79. The molecular formula is C23H27N3O4. The molecule has 158 valence electrons. The van der Waals surface area contributed by atoms with Crippen molar-refractivity contribution >= 4 is 17.7 Å². The Bertz CT molecular complexity index is 1030. The molecule has 7 nitrogen and oxygen atoms in total. The van der Waals surface area contributed by atoms with Crippen LogP contribution in [0.25, 0.3) is 0 Å². The lowest BCUT2D eigenvalue weighted by molar-refractivity contribution is -0.131. The molecule has 1 N–H and O–H groups in total. The molecule has 7 heteroatoms. The van der Waals surface area contributed by atoms with Gasteiger partial charge in [0.05, 0.1) is 13.2 Å². The number of nitrogens with one attached hydrogen (secondary N) is 1. The van der Waals surface area contributed by atoms with Crippen molar-refractivity contribution in [3.63, 3.8) is 0 Å². The van der Waals surface area contributed by atoms with E-state index < -0.39 is 11.6 Å². The van der Waals surface area contributed by atoms with Gasteiger partial charge < -0.3 is 14.6 Å². The summed E-state index contributed by atoms with van der Waals surface area (Å²) in [5.74, 6) is -0.572. The number of carbonyl (C=O) groups is 3. The van der Waals surface area contributed by atoms with Crippen molar-refractivity contribution in [1.29, 1.82) is 0 Å². The molecule has 4 rings (SSSR count). The first-order valence-corrected chi connectivity index (χ1v) is 10.3. The van der Waals surface area contributed by atoms with Crippen LogP contribution in [0.5, 0.6) is 0 Å². The Labute approximate surface area is 176 Å². The quantitative estimate of drug-likeness (QED) is 0.588. The lowest BCUT2D eigenvalue weighted by atomic mass is 9.76. The molecule has 1 saturated heterocycles. The summed E-state index contributed by atoms with van der Waals surface area (Å²) in [5, 5.41) is 2.90. The fraction of sp³-hybridized carbons (Fsp3) is 0.435. The van der Waals surface area contributed by atoms with E-state index in [0.717, 1.165) is 40.3 Å². The Hall–Kier alpha value is -2.93. The number of hydrogen-bond acceptors (Lipinski definition) is 4. The number of imide groups is 1. The second-order valence-electron chi connectivity index (χ2n) is 8.09. The first-order valence-electron chi connectivity index (χ1n) is 10.3. The Morgan fingerprint density at radius 3 is 2.77 bits per heavy atom. The normalized spacial score (nSPS) is 20.6. The predicted octanol–water partition coefficient (Wildman–Crippen LogP) is 2.72. The highest BCUT2D eigenvalue weighted by Crippen LogP contribution is 2.39. The van der Waals surface area contributed by atoms with Crippen molar-refractivity contribution in [2.45, 2.75) is 45.2 Å². The van der Waals surface area contributed by atoms with Crippen LogP contribution in [0.2, 0.25) is 0 Å². The van der Waals surface area contributed by atoms with Crippen LogP contribution in [-0.2, 0) is 28.0 Å². The van der Waals surface area contributed by atoms with E-state index in [9.17, 15) is 14.4 Å². The van der Waals surface area contributed by atoms with Gasteiger partial charge in [-0.3, -0.25) is 14.5 Å². The number of rotatable bonds is 6. The van der Waals surface area contributed by atoms with Crippen molar-refractivity contribution in [3.05, 3.63) is 58.4 Å². The van der Waals surface area contributed by atoms with Crippen molar-refractivity contribution in [2.24, 2.45) is 0 Å². The van der Waals surface area contributed by atoms with E-state index in [4.69, 9.17) is 4.74 Å². The number of Topliss-reactive ketones (excluding diaryl/α,β-unsaturated/α-hetero) is 1. The van der Waals surface area contributed by atoms with Gasteiger partial charge in [0, 0.05) is 30.6 Å². The number of methoxy groups -OCH3 is 1. The molecule has 1 atom stereocenters. The van der Waals surface area contributed by atoms with E-state index in [1.165, 1.54) is 0 Å². The van der Waals surface area contributed by atoms with Gasteiger partial charge >= 0.3 is 6.03 Å². The number of urea groups is 1. The molecule has 0 radical (unpaired) electrons. The van der Waals surface area contributed by atoms with Gasteiger partial charge in [-0.1, -0.05) is 24.3 Å². The lowest BCUT2D eigenvalue weighted by Gasteiger charge is -2.33. The van der Waals surface area contributed by atoms with Gasteiger partial charge in [0.1, 0.15) is 5.54 Å². The topological polar surface area (TPSA) is 80.6 Å². The van der Waals surface area contributed by atoms with Gasteiger partial charge in [-0.25, -0.2) is 4.79 Å². The minimum Gasteiger partial charge on any atom is -0.383 e. The number of nitrogens with zero attached hydrogens (tertiary/aromatic N) is 2. The van der Waals surface area contributed by atoms with E-state index in [0.29, 0.717) is 25.1 Å². The highest BCUT2D eigenvalue weighted by atomic mass is 16.5. The van der Waals surface area contributed by atoms with Crippen molar-refractivity contribution in [2.75, 3.05) is 20.3 Å². The average molecular weight is 409 g/mol. The molecule has 1 aliphatic heterocycles. The van der Waals surface area contributed by atoms with Gasteiger partial charge in [0.25, 0.3) is 5.91 Å². The third kappa shape index (κ3) is 3.13. The molecule has 0 unspecified atom stereocenters. The third-order valence-corrected chi connectivity index (χ3v) is 6.35. The minimum atomic E-state index is -1.05. The lowest BCUT2D eigenvalue weighted by Crippen LogP contribution is -2.46. The van der Waals surface area contributed by atoms with Crippen LogP contribution in [0, 0.1) is 13.8 Å². The summed E-state index contributed by atoms with van der Waals surface area (Å²) in [6.07, 6.45) is 2.24. The van der Waals surface area contributed by atoms with Crippen LogP contribution in [-0.4, -0.2) is 47.4 Å². The van der Waals surface area contributed by atoms with Gasteiger partial charge in [0.15, 0.2) is 5.78 Å². The second-order valence-corrected chi connectivity index (χ2v) is 8.09. The smallest absolute Gasteiger partial charge is 0.325 e. The molecule has 1 aromatic carbocycles. The average Bonchev–Trinajstić information content (AvgIpc) is 3.15. The number of hydrogen-bond donors (Lipinski definition) is 1. The number of carbonyl (C=O) groups excluding carboxylic acids is 3. The first-order chi connectivity index (χ1) is 14.4. The number of ketones is 1. The zero-order valence-corrected chi connectivity index (χ0v) is 17.7. The molecule has 2 heterocycles. The molecule has 2 aliphatic rings. The number of benzene rings is 1. The number of fused-ring (bicyclic) bond motifs is 2. The van der Waals surface area contributed by atoms with Gasteiger partial charge in [-0.2, -0.15) is 0 Å². The monoisotopic (exact) mass is 409 g/mol. The SMILES string of the molecule is COCCn1c(C)cc(C(=O)CN2C(=O)N[C@]3(CCCc4ccccc43)C2=O)c1C. The number of aryl methyl sites for hydroxylation is 2. The van der Waals surface area contributed by atoms with Crippen LogP contribution in [0.3, 0.4) is 0 Å². The maximum absolute atomic E-state index is 13.4. The third-order valence-electron chi connectivity index (χ3n) is 6.35. The molecule has 2 aromatic rings. The van der Waals surface area contributed by atoms with E-state index in [-0.39, 0.29) is 18.2 Å². The van der Waals surface area contributed by atoms with Crippen LogP contribution in [0.15, 0.2) is 30.3 Å². The maximum Gasteiger partial charge on any atom is 0.325 e. The Morgan fingerprint density at radius 2 is 2.00 bits per heavy atom. The van der Waals surface area contributed by atoms with Crippen molar-refractivity contribution in [3.8, 4) is 0 Å². The zero-order valence-electron chi connectivity index (χ0n) is 17.7. The minimum absolute atomic E-state index is 0.239. The van der Waals surface area contributed by atoms with Crippen molar-refractivity contribution in [1.82, 2.24) is 14.8 Å². The van der Waals surface area contributed by atoms with Crippen LogP contribution in [0.1, 0.15) is 45.7 Å². The molecule has 30 heavy (non-hydrogen) atoms. The summed E-state index contributed by atoms with van der Waals surface area (Å²) >= 11 is 0. The molecule has 0 saturated carbocycles. The summed E-state index contributed by atoms with van der Waals surface area (Å²) in [4.78, 5) is 40.3. The van der Waals surface area contributed by atoms with E-state index in [1.807, 2.05) is 48.7 Å². The van der Waals surface area contributed by atoms with Crippen LogP contribution < -0.4 is 5.32 Å². The number of aromatic nitrogens is 1. The Balaban J connectivity index is 1.59. The fourth-order valence-electron chi connectivity index (χ4n) is 4.79. The summed E-state index contributed by atoms with van der Waals surface area (Å²) in [6, 6.07) is 9.05. The molecule has 1 aromatic heterocycles. The summed E-state index contributed by atoms with van der Waals surface area (Å²) in [5.41, 5.74) is 3.17. The maximum atomic E-state index is 13.4. The van der Waals surface area contributed by atoms with E-state index in [2.05, 4.69) is 5.32 Å². The number of ether oxygens (including phenoxy) is 1. The zero-order chi connectivity index (χ0) is 21.5. The molecule has 1 aliphatic carbocycles. The van der Waals surface area contributed by atoms with Gasteiger partial charge in [0.2, 0.25) is 0 Å². The standard InChI is InChI=1S/C23H27N3O4/c1-15-13-18(16(2)25(15)11-12-30-3)20(27)14-26-21(28)23(24-22(26)29)10-6-8-17-7-4-5-9-19(17)23/h4-5,7,9,13H,6,8,10-12,14H2,1-3H3,(H,24,29)/t23-/m0/s1. The highest BCUT2D eigenvalue weighted by molar-refractivity contribution is 6.11. The number of amides is 3. The largest absolute Gasteiger partial charge is 0.383 e. The van der Waals surface area contributed by atoms with Crippen LogP contribution >= 0.6 is 0 Å². The Morgan fingerprint density at radius 1 is 1.23 bits per heavy atom. The van der Waals surface area contributed by atoms with Crippen LogP contribution in [0.4, 0.5) is 4.79 Å². The summed E-state index contributed by atoms with van der Waals surface area (Å²) in [6.45, 7) is 4.73. The molecule has 0 bridgehead atoms.